The quantitative estimate of drug-likeness (QED) is 0.806. The Bertz CT molecular complexity index is 382. The van der Waals surface area contributed by atoms with Crippen molar-refractivity contribution in [2.75, 3.05) is 18.0 Å². The third-order valence-electron chi connectivity index (χ3n) is 4.04. The molecular weight excluding hydrogens is 226 g/mol. The van der Waals surface area contributed by atoms with E-state index in [0.717, 1.165) is 43.3 Å². The van der Waals surface area contributed by atoms with Crippen LogP contribution in [-0.2, 0) is 6.54 Å². The Kier molecular flexibility index (Phi) is 3.55. The molecule has 0 aromatic carbocycles. The van der Waals surface area contributed by atoms with Gasteiger partial charge in [0.25, 0.3) is 6.01 Å². The second kappa shape index (κ2) is 5.31. The van der Waals surface area contributed by atoms with E-state index < -0.39 is 0 Å². The van der Waals surface area contributed by atoms with Crippen molar-refractivity contribution in [3.8, 4) is 0 Å². The highest BCUT2D eigenvalue weighted by Gasteiger charge is 2.23. The monoisotopic (exact) mass is 249 g/mol. The minimum atomic E-state index is 0.724. The van der Waals surface area contributed by atoms with Crippen LogP contribution in [-0.4, -0.2) is 24.1 Å². The van der Waals surface area contributed by atoms with Crippen molar-refractivity contribution in [2.45, 2.75) is 51.6 Å². The van der Waals surface area contributed by atoms with E-state index in [1.165, 1.54) is 32.1 Å². The molecule has 0 atom stereocenters. The van der Waals surface area contributed by atoms with Gasteiger partial charge in [0.15, 0.2) is 0 Å². The number of nitrogens with one attached hydrogen (secondary N) is 1. The Balaban J connectivity index is 1.54. The summed E-state index contributed by atoms with van der Waals surface area (Å²) in [6.07, 6.45) is 8.56. The third-order valence-corrected chi connectivity index (χ3v) is 4.04. The molecule has 0 spiro atoms. The Morgan fingerprint density at radius 1 is 1.39 bits per heavy atom. The van der Waals surface area contributed by atoms with Gasteiger partial charge in [-0.25, -0.2) is 0 Å². The largest absolute Gasteiger partial charge is 0.432 e. The molecule has 2 aliphatic rings. The first kappa shape index (κ1) is 12.0. The molecule has 0 bridgehead atoms. The first-order valence-corrected chi connectivity index (χ1v) is 7.28. The van der Waals surface area contributed by atoms with Crippen LogP contribution in [0, 0.1) is 5.92 Å². The van der Waals surface area contributed by atoms with Gasteiger partial charge in [0.1, 0.15) is 6.26 Å². The lowest BCUT2D eigenvalue weighted by molar-refractivity contribution is 0.313. The summed E-state index contributed by atoms with van der Waals surface area (Å²) >= 11 is 0. The maximum atomic E-state index is 5.61. The highest BCUT2D eigenvalue weighted by Crippen LogP contribution is 2.28. The van der Waals surface area contributed by atoms with Crippen LogP contribution in [0.25, 0.3) is 0 Å². The predicted molar refractivity (Wildman–Crippen MR) is 71.6 cm³/mol. The number of nitrogens with zero attached hydrogens (tertiary/aromatic N) is 2. The van der Waals surface area contributed by atoms with Crippen LogP contribution < -0.4 is 10.2 Å². The fraction of sp³-hybridized carbons (Fsp3) is 0.786. The lowest BCUT2D eigenvalue weighted by Crippen LogP contribution is -2.32. The topological polar surface area (TPSA) is 41.3 Å². The minimum Gasteiger partial charge on any atom is -0.432 e. The average Bonchev–Trinajstić information content (AvgIpc) is 3.04. The van der Waals surface area contributed by atoms with Gasteiger partial charge in [-0.2, -0.15) is 4.98 Å². The van der Waals surface area contributed by atoms with Crippen LogP contribution in [0.5, 0.6) is 0 Å². The SMILES string of the molecule is CCN(CC1CCC1)c1nc(CNC2CC2)co1. The van der Waals surface area contributed by atoms with Crippen molar-refractivity contribution in [3.63, 3.8) is 0 Å². The number of hydrogen-bond donors (Lipinski definition) is 1. The van der Waals surface area contributed by atoms with Crippen molar-refractivity contribution < 1.29 is 4.42 Å². The van der Waals surface area contributed by atoms with E-state index in [0.29, 0.717) is 0 Å². The highest BCUT2D eigenvalue weighted by atomic mass is 16.4. The van der Waals surface area contributed by atoms with Crippen LogP contribution in [0.2, 0.25) is 0 Å². The molecule has 1 N–H and O–H groups in total. The highest BCUT2D eigenvalue weighted by molar-refractivity contribution is 5.27. The molecule has 0 aliphatic heterocycles. The molecule has 1 aromatic heterocycles. The van der Waals surface area contributed by atoms with Gasteiger partial charge >= 0.3 is 0 Å². The Morgan fingerprint density at radius 2 is 2.22 bits per heavy atom. The maximum absolute atomic E-state index is 5.61. The van der Waals surface area contributed by atoms with E-state index in [9.17, 15) is 0 Å². The number of aromatic nitrogens is 1. The van der Waals surface area contributed by atoms with Gasteiger partial charge in [-0.15, -0.1) is 0 Å². The van der Waals surface area contributed by atoms with E-state index in [1.54, 1.807) is 6.26 Å². The first-order chi connectivity index (χ1) is 8.85. The molecule has 2 aliphatic carbocycles. The second-order valence-corrected chi connectivity index (χ2v) is 5.61. The summed E-state index contributed by atoms with van der Waals surface area (Å²) in [5.74, 6) is 0.852. The van der Waals surface area contributed by atoms with Gasteiger partial charge in [0, 0.05) is 25.7 Å². The molecule has 0 unspecified atom stereocenters. The molecular formula is C14H23N3O. The number of rotatable bonds is 7. The molecule has 1 aromatic rings. The van der Waals surface area contributed by atoms with Crippen LogP contribution >= 0.6 is 0 Å². The zero-order chi connectivity index (χ0) is 12.4. The molecule has 4 heteroatoms. The molecule has 2 saturated carbocycles. The van der Waals surface area contributed by atoms with Gasteiger partial charge in [-0.3, -0.25) is 0 Å². The Labute approximate surface area is 109 Å². The summed E-state index contributed by atoms with van der Waals surface area (Å²) < 4.78 is 5.61. The molecule has 0 amide bonds. The van der Waals surface area contributed by atoms with Gasteiger partial charge in [-0.05, 0) is 38.5 Å². The summed E-state index contributed by atoms with van der Waals surface area (Å²) in [5.41, 5.74) is 1.03. The van der Waals surface area contributed by atoms with E-state index in [4.69, 9.17) is 4.42 Å². The number of anilines is 1. The third kappa shape index (κ3) is 2.86. The van der Waals surface area contributed by atoms with Crippen molar-refractivity contribution in [1.82, 2.24) is 10.3 Å². The van der Waals surface area contributed by atoms with Crippen LogP contribution in [0.15, 0.2) is 10.7 Å². The second-order valence-electron chi connectivity index (χ2n) is 5.61. The van der Waals surface area contributed by atoms with E-state index in [-0.39, 0.29) is 0 Å². The molecule has 2 fully saturated rings. The van der Waals surface area contributed by atoms with Crippen molar-refractivity contribution in [1.29, 1.82) is 0 Å². The summed E-state index contributed by atoms with van der Waals surface area (Å²) in [6, 6.07) is 1.53. The summed E-state index contributed by atoms with van der Waals surface area (Å²) in [5, 5.41) is 3.47. The maximum Gasteiger partial charge on any atom is 0.297 e. The van der Waals surface area contributed by atoms with Crippen molar-refractivity contribution in [3.05, 3.63) is 12.0 Å². The first-order valence-electron chi connectivity index (χ1n) is 7.28. The molecule has 18 heavy (non-hydrogen) atoms. The van der Waals surface area contributed by atoms with Crippen LogP contribution in [0.4, 0.5) is 6.01 Å². The summed E-state index contributed by atoms with van der Waals surface area (Å²) in [7, 11) is 0. The fourth-order valence-electron chi connectivity index (χ4n) is 2.39. The zero-order valence-electron chi connectivity index (χ0n) is 11.2. The lowest BCUT2D eigenvalue weighted by Gasteiger charge is -2.30. The van der Waals surface area contributed by atoms with E-state index >= 15 is 0 Å². The lowest BCUT2D eigenvalue weighted by atomic mass is 9.85. The standard InChI is InChI=1S/C14H23N3O/c1-2-17(9-11-4-3-5-11)14-16-13(10-18-14)8-15-12-6-7-12/h10-12,15H,2-9H2,1H3. The molecule has 4 nitrogen and oxygen atoms in total. The van der Waals surface area contributed by atoms with Crippen molar-refractivity contribution in [2.24, 2.45) is 5.92 Å². The smallest absolute Gasteiger partial charge is 0.297 e. The number of hydrogen-bond acceptors (Lipinski definition) is 4. The van der Waals surface area contributed by atoms with Crippen LogP contribution in [0.1, 0.15) is 44.7 Å². The molecule has 3 rings (SSSR count). The van der Waals surface area contributed by atoms with Crippen molar-refractivity contribution >= 4 is 6.01 Å². The van der Waals surface area contributed by atoms with E-state index in [1.807, 2.05) is 0 Å². The minimum absolute atomic E-state index is 0.724. The summed E-state index contributed by atoms with van der Waals surface area (Å²) in [4.78, 5) is 6.86. The molecule has 0 radical (unpaired) electrons. The van der Waals surface area contributed by atoms with Gasteiger partial charge < -0.3 is 14.6 Å². The normalized spacial score (nSPS) is 19.8. The fourth-order valence-corrected chi connectivity index (χ4v) is 2.39. The van der Waals surface area contributed by atoms with Gasteiger partial charge in [0.2, 0.25) is 0 Å². The molecule has 100 valence electrons. The van der Waals surface area contributed by atoms with Gasteiger partial charge in [-0.1, -0.05) is 6.42 Å². The van der Waals surface area contributed by atoms with Crippen LogP contribution in [0.3, 0.4) is 0 Å². The molecule has 1 heterocycles. The average molecular weight is 249 g/mol. The predicted octanol–water partition coefficient (Wildman–Crippen LogP) is 2.55. The zero-order valence-corrected chi connectivity index (χ0v) is 11.2. The Morgan fingerprint density at radius 3 is 2.83 bits per heavy atom. The molecule has 0 saturated heterocycles. The Hall–Kier alpha value is -1.03. The van der Waals surface area contributed by atoms with Gasteiger partial charge in [0.05, 0.1) is 5.69 Å². The van der Waals surface area contributed by atoms with E-state index in [2.05, 4.69) is 22.1 Å². The summed E-state index contributed by atoms with van der Waals surface area (Å²) in [6.45, 7) is 5.10. The number of oxazole rings is 1.